The molecule has 2 N–H and O–H groups in total. The minimum Gasteiger partial charge on any atom is -0.492 e. The van der Waals surface area contributed by atoms with Gasteiger partial charge in [-0.15, -0.1) is 0 Å². The Hall–Kier alpha value is -1.13. The first kappa shape index (κ1) is 12.3. The summed E-state index contributed by atoms with van der Waals surface area (Å²) < 4.78 is 5.66. The summed E-state index contributed by atoms with van der Waals surface area (Å²) in [6.45, 7) is 1.70. The highest BCUT2D eigenvalue weighted by Crippen LogP contribution is 2.24. The molecule has 4 heteroatoms. The quantitative estimate of drug-likeness (QED) is 0.781. The standard InChI is InChI=1S/C13H18N2OS/c1-15(11-4-5-11)8-9-16-12-6-2-10(3-7-12)13(14)17/h2-3,6-7,11H,4-5,8-9H2,1H3,(H2,14,17). The Bertz CT molecular complexity index is 387. The van der Waals surface area contributed by atoms with E-state index in [2.05, 4.69) is 11.9 Å². The van der Waals surface area contributed by atoms with E-state index < -0.39 is 0 Å². The molecule has 92 valence electrons. The van der Waals surface area contributed by atoms with Gasteiger partial charge >= 0.3 is 0 Å². The van der Waals surface area contributed by atoms with Crippen molar-refractivity contribution in [2.75, 3.05) is 20.2 Å². The molecule has 0 unspecified atom stereocenters. The van der Waals surface area contributed by atoms with E-state index in [1.54, 1.807) is 0 Å². The van der Waals surface area contributed by atoms with Crippen LogP contribution in [0, 0.1) is 0 Å². The number of benzene rings is 1. The maximum absolute atomic E-state index is 5.66. The lowest BCUT2D eigenvalue weighted by atomic mass is 10.2. The molecule has 0 atom stereocenters. The number of thiocarbonyl (C=S) groups is 1. The number of hydrogen-bond acceptors (Lipinski definition) is 3. The summed E-state index contributed by atoms with van der Waals surface area (Å²) in [7, 11) is 2.15. The van der Waals surface area contributed by atoms with Gasteiger partial charge in [0.15, 0.2) is 0 Å². The average Bonchev–Trinajstić information content (AvgIpc) is 3.13. The van der Waals surface area contributed by atoms with E-state index in [1.807, 2.05) is 24.3 Å². The fourth-order valence-corrected chi connectivity index (χ4v) is 1.86. The topological polar surface area (TPSA) is 38.5 Å². The maximum atomic E-state index is 5.66. The SMILES string of the molecule is CN(CCOc1ccc(C(N)=S)cc1)C1CC1. The molecule has 0 aliphatic heterocycles. The molecule has 1 aliphatic carbocycles. The van der Waals surface area contributed by atoms with Crippen molar-refractivity contribution >= 4 is 17.2 Å². The fourth-order valence-electron chi connectivity index (χ4n) is 1.72. The van der Waals surface area contributed by atoms with E-state index in [-0.39, 0.29) is 0 Å². The number of nitrogens with zero attached hydrogens (tertiary/aromatic N) is 1. The molecule has 0 radical (unpaired) electrons. The first-order chi connectivity index (χ1) is 8.16. The van der Waals surface area contributed by atoms with E-state index >= 15 is 0 Å². The lowest BCUT2D eigenvalue weighted by Crippen LogP contribution is -2.26. The third-order valence-corrected chi connectivity index (χ3v) is 3.26. The van der Waals surface area contributed by atoms with Crippen molar-refractivity contribution in [3.8, 4) is 5.75 Å². The van der Waals surface area contributed by atoms with E-state index in [1.165, 1.54) is 12.8 Å². The van der Waals surface area contributed by atoms with Crippen LogP contribution < -0.4 is 10.5 Å². The smallest absolute Gasteiger partial charge is 0.119 e. The molecule has 1 saturated carbocycles. The molecule has 3 nitrogen and oxygen atoms in total. The minimum atomic E-state index is 0.421. The second-order valence-electron chi connectivity index (χ2n) is 4.45. The number of ether oxygens (including phenoxy) is 1. The summed E-state index contributed by atoms with van der Waals surface area (Å²) in [4.78, 5) is 2.77. The zero-order chi connectivity index (χ0) is 12.3. The highest BCUT2D eigenvalue weighted by atomic mass is 32.1. The van der Waals surface area contributed by atoms with Crippen molar-refractivity contribution in [2.45, 2.75) is 18.9 Å². The minimum absolute atomic E-state index is 0.421. The van der Waals surface area contributed by atoms with Crippen LogP contribution in [0.3, 0.4) is 0 Å². The first-order valence-corrected chi connectivity index (χ1v) is 6.30. The van der Waals surface area contributed by atoms with Crippen LogP contribution >= 0.6 is 12.2 Å². The van der Waals surface area contributed by atoms with E-state index in [0.29, 0.717) is 4.99 Å². The van der Waals surface area contributed by atoms with Crippen LogP contribution in [0.15, 0.2) is 24.3 Å². The summed E-state index contributed by atoms with van der Waals surface area (Å²) >= 11 is 4.89. The second kappa shape index (κ2) is 5.47. The molecule has 1 aromatic rings. The molecule has 0 spiro atoms. The van der Waals surface area contributed by atoms with Gasteiger partial charge in [0.2, 0.25) is 0 Å². The molecular weight excluding hydrogens is 232 g/mol. The summed E-state index contributed by atoms with van der Waals surface area (Å²) in [6.07, 6.45) is 2.66. The maximum Gasteiger partial charge on any atom is 0.119 e. The van der Waals surface area contributed by atoms with Gasteiger partial charge in [-0.25, -0.2) is 0 Å². The molecule has 2 rings (SSSR count). The predicted octanol–water partition coefficient (Wildman–Crippen LogP) is 1.79. The lowest BCUT2D eigenvalue weighted by Gasteiger charge is -2.15. The van der Waals surface area contributed by atoms with Crippen molar-refractivity contribution in [3.63, 3.8) is 0 Å². The highest BCUT2D eigenvalue weighted by Gasteiger charge is 2.25. The number of likely N-dealkylation sites (N-methyl/N-ethyl adjacent to an activating group) is 1. The Morgan fingerprint density at radius 1 is 1.41 bits per heavy atom. The highest BCUT2D eigenvalue weighted by molar-refractivity contribution is 7.80. The van der Waals surface area contributed by atoms with Crippen LogP contribution in [0.25, 0.3) is 0 Å². The molecule has 0 bridgehead atoms. The van der Waals surface area contributed by atoms with Crippen LogP contribution in [0.2, 0.25) is 0 Å². The van der Waals surface area contributed by atoms with Crippen LogP contribution in [0.5, 0.6) is 5.75 Å². The van der Waals surface area contributed by atoms with Crippen LogP contribution in [-0.2, 0) is 0 Å². The number of rotatable bonds is 6. The second-order valence-corrected chi connectivity index (χ2v) is 4.89. The Labute approximate surface area is 108 Å². The molecule has 1 aromatic carbocycles. The van der Waals surface area contributed by atoms with Crippen LogP contribution in [0.4, 0.5) is 0 Å². The zero-order valence-electron chi connectivity index (χ0n) is 10.1. The number of hydrogen-bond donors (Lipinski definition) is 1. The largest absolute Gasteiger partial charge is 0.492 e. The Morgan fingerprint density at radius 3 is 2.59 bits per heavy atom. The van der Waals surface area contributed by atoms with E-state index in [0.717, 1.165) is 30.5 Å². The van der Waals surface area contributed by atoms with Gasteiger partial charge in [0.05, 0.1) is 0 Å². The molecular formula is C13H18N2OS. The molecule has 1 fully saturated rings. The fraction of sp³-hybridized carbons (Fsp3) is 0.462. The third kappa shape index (κ3) is 3.68. The van der Waals surface area contributed by atoms with Gasteiger partial charge in [-0.2, -0.15) is 0 Å². The molecule has 17 heavy (non-hydrogen) atoms. The van der Waals surface area contributed by atoms with Gasteiger partial charge in [-0.1, -0.05) is 12.2 Å². The van der Waals surface area contributed by atoms with Gasteiger partial charge in [0.25, 0.3) is 0 Å². The lowest BCUT2D eigenvalue weighted by molar-refractivity contribution is 0.232. The molecule has 1 aliphatic rings. The van der Waals surface area contributed by atoms with Crippen molar-refractivity contribution < 1.29 is 4.74 Å². The zero-order valence-corrected chi connectivity index (χ0v) is 10.9. The molecule has 0 amide bonds. The van der Waals surface area contributed by atoms with E-state index in [4.69, 9.17) is 22.7 Å². The molecule has 0 heterocycles. The monoisotopic (exact) mass is 250 g/mol. The summed E-state index contributed by atoms with van der Waals surface area (Å²) in [5.41, 5.74) is 6.41. The van der Waals surface area contributed by atoms with E-state index in [9.17, 15) is 0 Å². The average molecular weight is 250 g/mol. The van der Waals surface area contributed by atoms with Crippen molar-refractivity contribution in [1.29, 1.82) is 0 Å². The van der Waals surface area contributed by atoms with Crippen LogP contribution in [-0.4, -0.2) is 36.1 Å². The van der Waals surface area contributed by atoms with Gasteiger partial charge in [-0.3, -0.25) is 0 Å². The van der Waals surface area contributed by atoms with Crippen LogP contribution in [0.1, 0.15) is 18.4 Å². The van der Waals surface area contributed by atoms with Gasteiger partial charge in [-0.05, 0) is 44.2 Å². The Balaban J connectivity index is 1.76. The van der Waals surface area contributed by atoms with Crippen molar-refractivity contribution in [2.24, 2.45) is 5.73 Å². The van der Waals surface area contributed by atoms with Gasteiger partial charge in [0.1, 0.15) is 17.3 Å². The predicted molar refractivity (Wildman–Crippen MR) is 73.5 cm³/mol. The van der Waals surface area contributed by atoms with Gasteiger partial charge < -0.3 is 15.4 Å². The molecule has 0 aromatic heterocycles. The normalized spacial score (nSPS) is 14.9. The third-order valence-electron chi connectivity index (χ3n) is 3.02. The summed E-state index contributed by atoms with van der Waals surface area (Å²) in [6, 6.07) is 8.39. The van der Waals surface area contributed by atoms with Gasteiger partial charge in [0, 0.05) is 18.2 Å². The Morgan fingerprint density at radius 2 is 2.06 bits per heavy atom. The summed E-state index contributed by atoms with van der Waals surface area (Å²) in [5.74, 6) is 0.870. The summed E-state index contributed by atoms with van der Waals surface area (Å²) in [5, 5.41) is 0. The van der Waals surface area contributed by atoms with Crippen molar-refractivity contribution in [1.82, 2.24) is 4.90 Å². The Kier molecular flexibility index (Phi) is 3.97. The molecule has 0 saturated heterocycles. The van der Waals surface area contributed by atoms with Crippen molar-refractivity contribution in [3.05, 3.63) is 29.8 Å². The number of nitrogens with two attached hydrogens (primary N) is 1. The first-order valence-electron chi connectivity index (χ1n) is 5.90.